The number of fused-ring (bicyclic) bond motifs is 1. The summed E-state index contributed by atoms with van der Waals surface area (Å²) in [7, 11) is 0. The molecule has 226 valence electrons. The predicted octanol–water partition coefficient (Wildman–Crippen LogP) is 5.86. The van der Waals surface area contributed by atoms with Crippen LogP contribution in [-0.4, -0.2) is 35.8 Å². The Morgan fingerprint density at radius 1 is 0.977 bits per heavy atom. The van der Waals surface area contributed by atoms with Crippen LogP contribution in [0.2, 0.25) is 0 Å². The van der Waals surface area contributed by atoms with Gasteiger partial charge in [0.2, 0.25) is 5.91 Å². The smallest absolute Gasteiger partial charge is 0.251 e. The number of nitrogens with two attached hydrogens (primary N) is 1. The second kappa shape index (κ2) is 12.5. The molecule has 0 spiro atoms. The van der Waals surface area contributed by atoms with Crippen molar-refractivity contribution in [2.75, 3.05) is 23.3 Å². The van der Waals surface area contributed by atoms with Crippen molar-refractivity contribution >= 4 is 29.1 Å². The summed E-state index contributed by atoms with van der Waals surface area (Å²) in [6, 6.07) is 17.7. The van der Waals surface area contributed by atoms with E-state index in [1.807, 2.05) is 30.3 Å². The molecule has 6 rings (SSSR count). The van der Waals surface area contributed by atoms with E-state index in [1.54, 1.807) is 43.5 Å². The number of carbonyl (C=O) groups excluding carboxylic acids is 3. The molecule has 8 nitrogen and oxygen atoms in total. The highest BCUT2D eigenvalue weighted by molar-refractivity contribution is 6.07. The van der Waals surface area contributed by atoms with Crippen molar-refractivity contribution in [3.8, 4) is 11.3 Å². The molecule has 0 radical (unpaired) electrons. The van der Waals surface area contributed by atoms with Gasteiger partial charge in [0.1, 0.15) is 0 Å². The Kier molecular flexibility index (Phi) is 8.33. The van der Waals surface area contributed by atoms with Crippen LogP contribution >= 0.6 is 0 Å². The second-order valence-electron chi connectivity index (χ2n) is 12.3. The zero-order valence-corrected chi connectivity index (χ0v) is 25.1. The van der Waals surface area contributed by atoms with Crippen molar-refractivity contribution in [3.63, 3.8) is 0 Å². The van der Waals surface area contributed by atoms with Gasteiger partial charge in [-0.1, -0.05) is 42.5 Å². The lowest BCUT2D eigenvalue weighted by molar-refractivity contribution is -0.124. The molecule has 3 aliphatic rings. The number of aryl methyl sites for hydroxylation is 1. The Morgan fingerprint density at radius 3 is 2.61 bits per heavy atom. The highest BCUT2D eigenvalue weighted by Crippen LogP contribution is 2.36. The van der Waals surface area contributed by atoms with Crippen LogP contribution in [0.15, 0.2) is 84.6 Å². The fourth-order valence-electron chi connectivity index (χ4n) is 6.48. The highest BCUT2D eigenvalue weighted by Gasteiger charge is 2.33. The maximum absolute atomic E-state index is 13.5. The van der Waals surface area contributed by atoms with E-state index in [-0.39, 0.29) is 24.3 Å². The van der Waals surface area contributed by atoms with Crippen molar-refractivity contribution in [2.45, 2.75) is 57.9 Å². The Morgan fingerprint density at radius 2 is 1.80 bits per heavy atom. The topological polar surface area (TPSA) is 117 Å². The molecule has 3 amide bonds. The van der Waals surface area contributed by atoms with Gasteiger partial charge < -0.3 is 21.3 Å². The van der Waals surface area contributed by atoms with Gasteiger partial charge in [0, 0.05) is 41.7 Å². The number of anilines is 2. The van der Waals surface area contributed by atoms with Gasteiger partial charge in [0.05, 0.1) is 22.8 Å². The number of pyridine rings is 1. The number of piperidine rings is 1. The minimum Gasteiger partial charge on any atom is -0.372 e. The standard InChI is InChI=1S/C36H39N5O3/c1-36(35(37)44)17-8-11-26(23-36)34(43)40-31-15-14-27(41-19-5-2-6-20-41)22-29(31)32-21-25(16-18-38-32)33(42)39-30-13-7-10-24-9-3-4-12-28(24)30/h3-4,8-9,11-12,14-18,21-22,30H,2,5-7,10,13,19-20,23H2,1H3,(H2,37,44)(H,39,42)(H,40,43)/t30-,36?/m0/s1. The summed E-state index contributed by atoms with van der Waals surface area (Å²) in [5, 5.41) is 6.30. The lowest BCUT2D eigenvalue weighted by Crippen LogP contribution is -2.35. The van der Waals surface area contributed by atoms with Crippen LogP contribution in [0.25, 0.3) is 11.3 Å². The molecular formula is C36H39N5O3. The first kappa shape index (κ1) is 29.4. The van der Waals surface area contributed by atoms with Crippen LogP contribution < -0.4 is 21.3 Å². The van der Waals surface area contributed by atoms with Crippen molar-refractivity contribution in [2.24, 2.45) is 11.1 Å². The maximum Gasteiger partial charge on any atom is 0.251 e. The third-order valence-electron chi connectivity index (χ3n) is 9.12. The number of nitrogens with one attached hydrogen (secondary N) is 2. The Labute approximate surface area is 258 Å². The Balaban J connectivity index is 1.29. The number of benzene rings is 2. The minimum absolute atomic E-state index is 0.0368. The number of hydrogen-bond donors (Lipinski definition) is 3. The molecule has 1 aromatic heterocycles. The summed E-state index contributed by atoms with van der Waals surface area (Å²) < 4.78 is 0. The fraction of sp³-hybridized carbons (Fsp3) is 0.333. The molecule has 1 unspecified atom stereocenters. The summed E-state index contributed by atoms with van der Waals surface area (Å²) in [5.41, 5.74) is 11.1. The van der Waals surface area contributed by atoms with E-state index in [0.29, 0.717) is 22.5 Å². The lowest BCUT2D eigenvalue weighted by atomic mass is 9.79. The number of rotatable bonds is 7. The quantitative estimate of drug-likeness (QED) is 0.319. The zero-order chi connectivity index (χ0) is 30.7. The molecule has 0 bridgehead atoms. The SMILES string of the molecule is CC1(C(N)=O)C=CC=C(C(=O)Nc2ccc(N3CCCCC3)cc2-c2cc(C(=O)N[C@H]3CCCc4ccccc43)ccn2)C1. The van der Waals surface area contributed by atoms with Crippen molar-refractivity contribution in [3.05, 3.63) is 101 Å². The van der Waals surface area contributed by atoms with Crippen LogP contribution in [0.1, 0.15) is 73.0 Å². The van der Waals surface area contributed by atoms with Gasteiger partial charge in [0.15, 0.2) is 0 Å². The second-order valence-corrected chi connectivity index (χ2v) is 12.3. The number of amides is 3. The van der Waals surface area contributed by atoms with E-state index in [4.69, 9.17) is 5.73 Å². The third kappa shape index (κ3) is 6.16. The largest absolute Gasteiger partial charge is 0.372 e. The molecule has 1 saturated heterocycles. The first-order chi connectivity index (χ1) is 21.3. The number of allylic oxidation sites excluding steroid dienone is 2. The van der Waals surface area contributed by atoms with Crippen LogP contribution in [-0.2, 0) is 16.0 Å². The Hall–Kier alpha value is -4.72. The van der Waals surface area contributed by atoms with E-state index in [2.05, 4.69) is 32.7 Å². The lowest BCUT2D eigenvalue weighted by Gasteiger charge is -2.30. The number of primary amides is 1. The molecule has 0 saturated carbocycles. The van der Waals surface area contributed by atoms with Gasteiger partial charge in [0.25, 0.3) is 11.8 Å². The summed E-state index contributed by atoms with van der Waals surface area (Å²) in [6.07, 6.45) is 13.4. The monoisotopic (exact) mass is 589 g/mol. The van der Waals surface area contributed by atoms with E-state index >= 15 is 0 Å². The van der Waals surface area contributed by atoms with E-state index < -0.39 is 11.3 Å². The number of carbonyl (C=O) groups is 3. The van der Waals surface area contributed by atoms with Crippen LogP contribution in [0.3, 0.4) is 0 Å². The minimum atomic E-state index is -0.926. The highest BCUT2D eigenvalue weighted by atomic mass is 16.2. The van der Waals surface area contributed by atoms with Crippen LogP contribution in [0, 0.1) is 5.41 Å². The molecule has 1 fully saturated rings. The first-order valence-corrected chi connectivity index (χ1v) is 15.5. The van der Waals surface area contributed by atoms with Gasteiger partial charge in [-0.15, -0.1) is 0 Å². The molecule has 2 aliphatic carbocycles. The van der Waals surface area contributed by atoms with Gasteiger partial charge >= 0.3 is 0 Å². The number of hydrogen-bond acceptors (Lipinski definition) is 5. The number of nitrogens with zero attached hydrogens (tertiary/aromatic N) is 2. The van der Waals surface area contributed by atoms with Gasteiger partial charge in [-0.3, -0.25) is 19.4 Å². The van der Waals surface area contributed by atoms with Gasteiger partial charge in [-0.25, -0.2) is 0 Å². The molecule has 2 aromatic carbocycles. The summed E-state index contributed by atoms with van der Waals surface area (Å²) >= 11 is 0. The fourth-order valence-corrected chi connectivity index (χ4v) is 6.48. The van der Waals surface area contributed by atoms with Crippen molar-refractivity contribution in [1.82, 2.24) is 10.3 Å². The third-order valence-corrected chi connectivity index (χ3v) is 9.12. The molecule has 44 heavy (non-hydrogen) atoms. The van der Waals surface area contributed by atoms with Gasteiger partial charge in [-0.05, 0) is 93.3 Å². The van der Waals surface area contributed by atoms with Crippen molar-refractivity contribution < 1.29 is 14.4 Å². The molecule has 4 N–H and O–H groups in total. The summed E-state index contributed by atoms with van der Waals surface area (Å²) in [6.45, 7) is 3.67. The first-order valence-electron chi connectivity index (χ1n) is 15.5. The molecule has 8 heteroatoms. The Bertz CT molecular complexity index is 1650. The van der Waals surface area contributed by atoms with E-state index in [1.165, 1.54) is 17.5 Å². The summed E-state index contributed by atoms with van der Waals surface area (Å²) in [5.74, 6) is -0.939. The van der Waals surface area contributed by atoms with Crippen LogP contribution in [0.5, 0.6) is 0 Å². The molecular weight excluding hydrogens is 550 g/mol. The molecule has 1 aliphatic heterocycles. The zero-order valence-electron chi connectivity index (χ0n) is 25.1. The molecule has 3 aromatic rings. The maximum atomic E-state index is 13.5. The molecule has 2 atom stereocenters. The van der Waals surface area contributed by atoms with Crippen LogP contribution in [0.4, 0.5) is 11.4 Å². The summed E-state index contributed by atoms with van der Waals surface area (Å²) in [4.78, 5) is 46.1. The van der Waals surface area contributed by atoms with E-state index in [9.17, 15) is 14.4 Å². The average Bonchev–Trinajstić information content (AvgIpc) is 3.05. The average molecular weight is 590 g/mol. The molecule has 2 heterocycles. The van der Waals surface area contributed by atoms with Crippen molar-refractivity contribution in [1.29, 1.82) is 0 Å². The predicted molar refractivity (Wildman–Crippen MR) is 173 cm³/mol. The van der Waals surface area contributed by atoms with E-state index in [0.717, 1.165) is 56.4 Å². The normalized spacial score (nSPS) is 21.2. The van der Waals surface area contributed by atoms with Gasteiger partial charge in [-0.2, -0.15) is 0 Å². The number of aromatic nitrogens is 1.